The van der Waals surface area contributed by atoms with E-state index in [0.29, 0.717) is 25.3 Å². The van der Waals surface area contributed by atoms with E-state index in [9.17, 15) is 14.3 Å². The van der Waals surface area contributed by atoms with Gasteiger partial charge in [-0.2, -0.15) is 0 Å². The Morgan fingerprint density at radius 2 is 2.05 bits per heavy atom. The molecule has 1 saturated heterocycles. The number of aliphatic hydroxyl groups is 1. The second-order valence-electron chi connectivity index (χ2n) is 5.28. The van der Waals surface area contributed by atoms with Crippen molar-refractivity contribution < 1.29 is 14.3 Å². The van der Waals surface area contributed by atoms with Gasteiger partial charge in [0.15, 0.2) is 0 Å². The van der Waals surface area contributed by atoms with E-state index in [-0.39, 0.29) is 11.7 Å². The fourth-order valence-electron chi connectivity index (χ4n) is 2.41. The van der Waals surface area contributed by atoms with E-state index in [1.54, 1.807) is 28.8 Å². The Morgan fingerprint density at radius 3 is 2.65 bits per heavy atom. The molecule has 1 N–H and O–H groups in total. The molecule has 1 aromatic rings. The van der Waals surface area contributed by atoms with Crippen molar-refractivity contribution in [1.29, 1.82) is 0 Å². The lowest BCUT2D eigenvalue weighted by molar-refractivity contribution is -0.156. The highest BCUT2D eigenvalue weighted by molar-refractivity contribution is 7.99. The fourth-order valence-corrected chi connectivity index (χ4v) is 3.25. The number of benzene rings is 1. The van der Waals surface area contributed by atoms with E-state index in [1.807, 2.05) is 6.92 Å². The van der Waals surface area contributed by atoms with Gasteiger partial charge in [-0.25, -0.2) is 4.39 Å². The molecular weight excluding hydrogens is 277 g/mol. The molecule has 1 fully saturated rings. The predicted molar refractivity (Wildman–Crippen MR) is 78.2 cm³/mol. The number of nitrogens with zero attached hydrogens (tertiary/aromatic N) is 1. The number of hydrogen-bond donors (Lipinski definition) is 1. The van der Waals surface area contributed by atoms with Crippen molar-refractivity contribution in [3.8, 4) is 0 Å². The van der Waals surface area contributed by atoms with Gasteiger partial charge >= 0.3 is 0 Å². The molecule has 0 spiro atoms. The van der Waals surface area contributed by atoms with Gasteiger partial charge in [0.1, 0.15) is 5.82 Å². The minimum absolute atomic E-state index is 0.0837. The van der Waals surface area contributed by atoms with Crippen molar-refractivity contribution in [1.82, 2.24) is 4.90 Å². The molecule has 0 aliphatic carbocycles. The Labute approximate surface area is 123 Å². The molecule has 110 valence electrons. The second kappa shape index (κ2) is 6.59. The lowest BCUT2D eigenvalue weighted by Gasteiger charge is -2.46. The maximum atomic E-state index is 12.7. The number of β-amino-alcohol motifs (C(OH)–C–C–N with tert-alkyl or cyclic N) is 1. The first kappa shape index (κ1) is 15.3. The van der Waals surface area contributed by atoms with Gasteiger partial charge in [0.05, 0.1) is 18.7 Å². The van der Waals surface area contributed by atoms with Crippen LogP contribution in [0.25, 0.3) is 0 Å². The van der Waals surface area contributed by atoms with Crippen molar-refractivity contribution in [2.24, 2.45) is 0 Å². The summed E-state index contributed by atoms with van der Waals surface area (Å²) in [5, 5.41) is 10.0. The van der Waals surface area contributed by atoms with Crippen molar-refractivity contribution in [3.05, 3.63) is 30.1 Å². The summed E-state index contributed by atoms with van der Waals surface area (Å²) >= 11 is 1.54. The zero-order valence-electron chi connectivity index (χ0n) is 11.6. The van der Waals surface area contributed by atoms with E-state index >= 15 is 0 Å². The van der Waals surface area contributed by atoms with Crippen molar-refractivity contribution in [2.45, 2.75) is 36.7 Å². The first-order valence-electron chi connectivity index (χ1n) is 6.91. The first-order chi connectivity index (χ1) is 9.52. The smallest absolute Gasteiger partial charge is 0.223 e. The second-order valence-corrected chi connectivity index (χ2v) is 6.44. The highest BCUT2D eigenvalue weighted by Gasteiger charge is 2.42. The van der Waals surface area contributed by atoms with Crippen molar-refractivity contribution in [3.63, 3.8) is 0 Å². The molecule has 1 aliphatic heterocycles. The van der Waals surface area contributed by atoms with E-state index in [0.717, 1.165) is 17.7 Å². The topological polar surface area (TPSA) is 40.5 Å². The Bertz CT molecular complexity index is 457. The first-order valence-corrected chi connectivity index (χ1v) is 7.89. The van der Waals surface area contributed by atoms with Crippen LogP contribution in [-0.2, 0) is 4.79 Å². The lowest BCUT2D eigenvalue weighted by Crippen LogP contribution is -2.63. The van der Waals surface area contributed by atoms with E-state index < -0.39 is 5.60 Å². The molecule has 1 aromatic carbocycles. The van der Waals surface area contributed by atoms with E-state index in [2.05, 4.69) is 0 Å². The molecule has 0 aromatic heterocycles. The summed E-state index contributed by atoms with van der Waals surface area (Å²) in [6.07, 6.45) is 2.13. The van der Waals surface area contributed by atoms with Crippen LogP contribution < -0.4 is 0 Å². The molecule has 0 saturated carbocycles. The van der Waals surface area contributed by atoms with E-state index in [4.69, 9.17) is 0 Å². The molecule has 1 amide bonds. The van der Waals surface area contributed by atoms with Gasteiger partial charge in [0.25, 0.3) is 0 Å². The largest absolute Gasteiger partial charge is 0.386 e. The van der Waals surface area contributed by atoms with Crippen LogP contribution >= 0.6 is 11.8 Å². The molecular formula is C15H20FNO2S. The molecule has 20 heavy (non-hydrogen) atoms. The highest BCUT2D eigenvalue weighted by Crippen LogP contribution is 2.27. The summed E-state index contributed by atoms with van der Waals surface area (Å²) in [4.78, 5) is 14.6. The Balaban J connectivity index is 1.68. The number of hydrogen-bond acceptors (Lipinski definition) is 3. The third-order valence-electron chi connectivity index (χ3n) is 3.44. The van der Waals surface area contributed by atoms with E-state index in [1.165, 1.54) is 12.1 Å². The zero-order chi connectivity index (χ0) is 14.6. The minimum Gasteiger partial charge on any atom is -0.386 e. The standard InChI is InChI=1S/C15H20FNO2S/c1-2-8-15(19)10-17(11-15)14(18)7-9-20-13-5-3-12(16)4-6-13/h3-6,19H,2,7-11H2,1H3. The molecule has 1 aliphatic rings. The van der Waals surface area contributed by atoms with Gasteiger partial charge in [-0.3, -0.25) is 4.79 Å². The maximum Gasteiger partial charge on any atom is 0.223 e. The minimum atomic E-state index is -0.658. The van der Waals surface area contributed by atoms with Gasteiger partial charge in [0.2, 0.25) is 5.91 Å². The van der Waals surface area contributed by atoms with Gasteiger partial charge in [-0.1, -0.05) is 13.3 Å². The number of carbonyl (C=O) groups excluding carboxylic acids is 1. The Hall–Kier alpha value is -1.07. The third kappa shape index (κ3) is 3.96. The third-order valence-corrected chi connectivity index (χ3v) is 4.45. The van der Waals surface area contributed by atoms with Gasteiger partial charge in [-0.05, 0) is 30.7 Å². The monoisotopic (exact) mass is 297 g/mol. The summed E-state index contributed by atoms with van der Waals surface area (Å²) in [5.41, 5.74) is -0.658. The van der Waals surface area contributed by atoms with Gasteiger partial charge < -0.3 is 10.0 Å². The lowest BCUT2D eigenvalue weighted by atomic mass is 9.89. The average molecular weight is 297 g/mol. The fraction of sp³-hybridized carbons (Fsp3) is 0.533. The molecule has 0 radical (unpaired) electrons. The van der Waals surface area contributed by atoms with Gasteiger partial charge in [-0.15, -0.1) is 11.8 Å². The molecule has 3 nitrogen and oxygen atoms in total. The number of amides is 1. The maximum absolute atomic E-state index is 12.7. The van der Waals surface area contributed by atoms with Crippen LogP contribution in [0, 0.1) is 5.82 Å². The zero-order valence-corrected chi connectivity index (χ0v) is 12.5. The summed E-state index contributed by atoms with van der Waals surface area (Å²) in [6, 6.07) is 6.27. The van der Waals surface area contributed by atoms with Crippen LogP contribution in [0.15, 0.2) is 29.2 Å². The normalized spacial score (nSPS) is 16.9. The Morgan fingerprint density at radius 1 is 1.40 bits per heavy atom. The van der Waals surface area contributed by atoms with Crippen LogP contribution in [0.1, 0.15) is 26.2 Å². The molecule has 0 atom stereocenters. The van der Waals surface area contributed by atoms with Crippen LogP contribution in [-0.4, -0.2) is 40.4 Å². The molecule has 1 heterocycles. The molecule has 2 rings (SSSR count). The molecule has 5 heteroatoms. The number of rotatable bonds is 6. The predicted octanol–water partition coefficient (Wildman–Crippen LogP) is 2.68. The number of likely N-dealkylation sites (tertiary alicyclic amines) is 1. The molecule has 0 bridgehead atoms. The summed E-state index contributed by atoms with van der Waals surface area (Å²) in [6.45, 7) is 2.95. The SMILES string of the molecule is CCCC1(O)CN(C(=O)CCSc2ccc(F)cc2)C1. The highest BCUT2D eigenvalue weighted by atomic mass is 32.2. The molecule has 0 unspecified atom stereocenters. The van der Waals surface area contributed by atoms with Crippen LogP contribution in [0.4, 0.5) is 4.39 Å². The summed E-state index contributed by atoms with van der Waals surface area (Å²) in [7, 11) is 0. The van der Waals surface area contributed by atoms with Crippen molar-refractivity contribution in [2.75, 3.05) is 18.8 Å². The number of halogens is 1. The summed E-state index contributed by atoms with van der Waals surface area (Å²) < 4.78 is 12.7. The Kier molecular flexibility index (Phi) is 5.05. The number of thioether (sulfide) groups is 1. The van der Waals surface area contributed by atoms with Gasteiger partial charge in [0, 0.05) is 17.1 Å². The van der Waals surface area contributed by atoms with Crippen molar-refractivity contribution >= 4 is 17.7 Å². The van der Waals surface area contributed by atoms with Crippen LogP contribution in [0.3, 0.4) is 0 Å². The number of carbonyl (C=O) groups is 1. The summed E-state index contributed by atoms with van der Waals surface area (Å²) in [5.74, 6) is 0.509. The quantitative estimate of drug-likeness (QED) is 0.821. The average Bonchev–Trinajstić information content (AvgIpc) is 2.38. The van der Waals surface area contributed by atoms with Crippen LogP contribution in [0.2, 0.25) is 0 Å². The van der Waals surface area contributed by atoms with Crippen LogP contribution in [0.5, 0.6) is 0 Å².